The summed E-state index contributed by atoms with van der Waals surface area (Å²) in [5, 5.41) is 6.49. The van der Waals surface area contributed by atoms with Gasteiger partial charge in [-0.15, -0.1) is 0 Å². The average molecular weight is 447 g/mol. The lowest BCUT2D eigenvalue weighted by Gasteiger charge is -2.15. The summed E-state index contributed by atoms with van der Waals surface area (Å²) >= 11 is 0. The summed E-state index contributed by atoms with van der Waals surface area (Å²) in [4.78, 5) is 12.8. The number of benzene rings is 3. The number of ether oxygens (including phenoxy) is 1. The van der Waals surface area contributed by atoms with E-state index >= 15 is 0 Å². The summed E-state index contributed by atoms with van der Waals surface area (Å²) in [5.41, 5.74) is 5.09. The summed E-state index contributed by atoms with van der Waals surface area (Å²) in [6, 6.07) is 20.6. The fourth-order valence-corrected chi connectivity index (χ4v) is 4.09. The molecule has 1 aliphatic rings. The molecule has 0 radical (unpaired) electrons. The number of hydrogen-bond acceptors (Lipinski definition) is 3. The Hall–Kier alpha value is -3.18. The monoisotopic (exact) mass is 446 g/mol. The lowest BCUT2D eigenvalue weighted by molar-refractivity contribution is 0.0954. The largest absolute Gasteiger partial charge is 0.493 e. The molecule has 2 N–H and O–H groups in total. The SMILES string of the molecule is O=C(NCCc1ccc(F)cc1)c1ccc2c(c1)Cc1cccc(c1)CNCCCCCO2. The Bertz CT molecular complexity index is 1070. The lowest BCUT2D eigenvalue weighted by atomic mass is 9.99. The van der Waals surface area contributed by atoms with E-state index in [1.807, 2.05) is 18.2 Å². The van der Waals surface area contributed by atoms with Crippen LogP contribution < -0.4 is 15.4 Å². The predicted octanol–water partition coefficient (Wildman–Crippen LogP) is 5.04. The zero-order chi connectivity index (χ0) is 22.9. The van der Waals surface area contributed by atoms with Crippen LogP contribution in [0.1, 0.15) is 51.9 Å². The van der Waals surface area contributed by atoms with Gasteiger partial charge in [-0.2, -0.15) is 0 Å². The van der Waals surface area contributed by atoms with E-state index < -0.39 is 0 Å². The normalized spacial score (nSPS) is 14.5. The molecule has 2 bridgehead atoms. The molecule has 1 amide bonds. The van der Waals surface area contributed by atoms with Crippen molar-refractivity contribution in [1.82, 2.24) is 10.6 Å². The summed E-state index contributed by atoms with van der Waals surface area (Å²) in [6.45, 7) is 3.05. The van der Waals surface area contributed by atoms with Gasteiger partial charge < -0.3 is 15.4 Å². The van der Waals surface area contributed by atoms with Crippen LogP contribution in [-0.2, 0) is 19.4 Å². The molecule has 1 aliphatic heterocycles. The van der Waals surface area contributed by atoms with Gasteiger partial charge in [0.2, 0.25) is 0 Å². The maximum atomic E-state index is 13.1. The van der Waals surface area contributed by atoms with Crippen LogP contribution in [-0.4, -0.2) is 25.6 Å². The molecular weight excluding hydrogens is 415 g/mol. The Morgan fingerprint density at radius 2 is 1.82 bits per heavy atom. The molecule has 3 aromatic rings. The van der Waals surface area contributed by atoms with Crippen LogP contribution in [0.25, 0.3) is 0 Å². The van der Waals surface area contributed by atoms with Crippen molar-refractivity contribution in [2.75, 3.05) is 19.7 Å². The summed E-state index contributed by atoms with van der Waals surface area (Å²) in [6.07, 6.45) is 4.63. The van der Waals surface area contributed by atoms with Gasteiger partial charge in [0.1, 0.15) is 11.6 Å². The number of carbonyl (C=O) groups is 1. The summed E-state index contributed by atoms with van der Waals surface area (Å²) in [5.74, 6) is 0.479. The highest BCUT2D eigenvalue weighted by Gasteiger charge is 2.12. The minimum Gasteiger partial charge on any atom is -0.493 e. The third kappa shape index (κ3) is 6.90. The fourth-order valence-electron chi connectivity index (χ4n) is 4.09. The number of halogens is 1. The molecule has 0 atom stereocenters. The molecule has 3 aromatic carbocycles. The van der Waals surface area contributed by atoms with E-state index in [1.165, 1.54) is 23.3 Å². The van der Waals surface area contributed by atoms with Crippen molar-refractivity contribution < 1.29 is 13.9 Å². The molecule has 4 nitrogen and oxygen atoms in total. The van der Waals surface area contributed by atoms with Gasteiger partial charge in [0.05, 0.1) is 6.61 Å². The second-order valence-electron chi connectivity index (χ2n) is 8.54. The van der Waals surface area contributed by atoms with Crippen molar-refractivity contribution in [3.8, 4) is 5.75 Å². The highest BCUT2D eigenvalue weighted by Crippen LogP contribution is 2.25. The first-order chi connectivity index (χ1) is 16.2. The van der Waals surface area contributed by atoms with Gasteiger partial charge in [0.25, 0.3) is 5.91 Å². The smallest absolute Gasteiger partial charge is 0.251 e. The third-order valence-electron chi connectivity index (χ3n) is 5.91. The molecule has 5 heteroatoms. The van der Waals surface area contributed by atoms with Gasteiger partial charge >= 0.3 is 0 Å². The summed E-state index contributed by atoms with van der Waals surface area (Å²) in [7, 11) is 0. The maximum Gasteiger partial charge on any atom is 0.251 e. The molecule has 33 heavy (non-hydrogen) atoms. The van der Waals surface area contributed by atoms with Crippen molar-refractivity contribution in [2.45, 2.75) is 38.6 Å². The zero-order valence-corrected chi connectivity index (χ0v) is 18.9. The van der Waals surface area contributed by atoms with E-state index in [2.05, 4.69) is 34.9 Å². The van der Waals surface area contributed by atoms with E-state index in [0.717, 1.165) is 49.2 Å². The number of fused-ring (bicyclic) bond motifs is 3. The number of carbonyl (C=O) groups excluding carboxylic acids is 1. The molecule has 4 rings (SSSR count). The Morgan fingerprint density at radius 1 is 0.970 bits per heavy atom. The Morgan fingerprint density at radius 3 is 2.70 bits per heavy atom. The Kier molecular flexibility index (Phi) is 8.09. The quantitative estimate of drug-likeness (QED) is 0.590. The second-order valence-corrected chi connectivity index (χ2v) is 8.54. The highest BCUT2D eigenvalue weighted by atomic mass is 19.1. The van der Waals surface area contributed by atoms with Gasteiger partial charge in [-0.25, -0.2) is 4.39 Å². The van der Waals surface area contributed by atoms with Crippen LogP contribution >= 0.6 is 0 Å². The van der Waals surface area contributed by atoms with Gasteiger partial charge in [0.15, 0.2) is 0 Å². The maximum absolute atomic E-state index is 13.1. The van der Waals surface area contributed by atoms with Crippen molar-refractivity contribution in [2.24, 2.45) is 0 Å². The van der Waals surface area contributed by atoms with E-state index in [4.69, 9.17) is 4.74 Å². The van der Waals surface area contributed by atoms with Crippen LogP contribution in [0, 0.1) is 5.82 Å². The molecule has 0 saturated carbocycles. The molecule has 1 heterocycles. The molecule has 172 valence electrons. The third-order valence-corrected chi connectivity index (χ3v) is 5.91. The van der Waals surface area contributed by atoms with Crippen LogP contribution in [0.15, 0.2) is 66.7 Å². The van der Waals surface area contributed by atoms with E-state index in [0.29, 0.717) is 31.6 Å². The van der Waals surface area contributed by atoms with Crippen molar-refractivity contribution in [1.29, 1.82) is 0 Å². The lowest BCUT2D eigenvalue weighted by Crippen LogP contribution is -2.25. The zero-order valence-electron chi connectivity index (χ0n) is 18.9. The Labute approximate surface area is 195 Å². The number of amides is 1. The first-order valence-corrected chi connectivity index (χ1v) is 11.7. The second kappa shape index (κ2) is 11.6. The van der Waals surface area contributed by atoms with Gasteiger partial charge in [0, 0.05) is 25.1 Å². The van der Waals surface area contributed by atoms with Gasteiger partial charge in [-0.1, -0.05) is 36.4 Å². The van der Waals surface area contributed by atoms with Crippen LogP contribution in [0.2, 0.25) is 0 Å². The number of hydrogen-bond donors (Lipinski definition) is 2. The molecule has 0 saturated heterocycles. The molecule has 0 aromatic heterocycles. The first kappa shape index (κ1) is 23.0. The van der Waals surface area contributed by atoms with Crippen LogP contribution in [0.5, 0.6) is 5.75 Å². The van der Waals surface area contributed by atoms with E-state index in [9.17, 15) is 9.18 Å². The molecule has 0 aliphatic carbocycles. The Balaban J connectivity index is 1.47. The van der Waals surface area contributed by atoms with Crippen LogP contribution in [0.4, 0.5) is 4.39 Å². The topological polar surface area (TPSA) is 50.4 Å². The predicted molar refractivity (Wildman–Crippen MR) is 129 cm³/mol. The van der Waals surface area contributed by atoms with E-state index in [1.54, 1.807) is 12.1 Å². The van der Waals surface area contributed by atoms with E-state index in [-0.39, 0.29) is 11.7 Å². The first-order valence-electron chi connectivity index (χ1n) is 11.7. The van der Waals surface area contributed by atoms with Crippen molar-refractivity contribution in [3.05, 3.63) is 100 Å². The molecular formula is C28H31FN2O2. The fraction of sp³-hybridized carbons (Fsp3) is 0.321. The molecule has 0 spiro atoms. The molecule has 0 fully saturated rings. The minimum atomic E-state index is -0.253. The van der Waals surface area contributed by atoms with Gasteiger partial charge in [-0.05, 0) is 84.8 Å². The standard InChI is InChI=1S/C28H31FN2O2/c29-26-10-7-21(8-11-26)13-15-31-28(32)24-9-12-27-25(19-24)18-22-5-4-6-23(17-22)20-30-14-2-1-3-16-33-27/h4-12,17,19,30H,1-3,13-16,18,20H2,(H,31,32). The summed E-state index contributed by atoms with van der Waals surface area (Å²) < 4.78 is 19.2. The highest BCUT2D eigenvalue weighted by molar-refractivity contribution is 5.94. The number of rotatable bonds is 4. The van der Waals surface area contributed by atoms with Crippen LogP contribution in [0.3, 0.4) is 0 Å². The molecule has 0 unspecified atom stereocenters. The van der Waals surface area contributed by atoms with Crippen molar-refractivity contribution in [3.63, 3.8) is 0 Å². The number of nitrogens with one attached hydrogen (secondary N) is 2. The van der Waals surface area contributed by atoms with Crippen molar-refractivity contribution >= 4 is 5.91 Å². The minimum absolute atomic E-state index is 0.114. The average Bonchev–Trinajstić information content (AvgIpc) is 2.82. The van der Waals surface area contributed by atoms with Gasteiger partial charge in [-0.3, -0.25) is 4.79 Å².